The Morgan fingerprint density at radius 1 is 1.09 bits per heavy atom. The number of imide groups is 1. The number of amides is 4. The molecule has 3 N–H and O–H groups in total. The van der Waals surface area contributed by atoms with E-state index in [1.54, 1.807) is 49.1 Å². The quantitative estimate of drug-likeness (QED) is 0.142. The van der Waals surface area contributed by atoms with Crippen molar-refractivity contribution in [2.24, 2.45) is 5.92 Å². The van der Waals surface area contributed by atoms with Crippen LogP contribution in [0.5, 0.6) is 5.75 Å². The predicted octanol–water partition coefficient (Wildman–Crippen LogP) is 6.18. The number of nitrogens with zero attached hydrogens (tertiary/aromatic N) is 5. The van der Waals surface area contributed by atoms with Crippen molar-refractivity contribution in [3.8, 4) is 11.8 Å². The highest BCUT2D eigenvalue weighted by molar-refractivity contribution is 7.81. The average Bonchev–Trinajstić information content (AvgIpc) is 3.37. The molecular weight excluding hydrogens is 774 g/mol. The summed E-state index contributed by atoms with van der Waals surface area (Å²) in [5.41, 5.74) is -0.752. The minimum Gasteiger partial charge on any atom is -0.493 e. The van der Waals surface area contributed by atoms with Gasteiger partial charge in [-0.3, -0.25) is 34.3 Å². The lowest BCUT2D eigenvalue weighted by molar-refractivity contribution is -0.138. The van der Waals surface area contributed by atoms with Crippen LogP contribution < -0.4 is 30.5 Å². The average molecular weight is 819 g/mol. The van der Waals surface area contributed by atoms with Gasteiger partial charge in [0.1, 0.15) is 23.4 Å². The SMILES string of the molecule is CCc1cc(N2C(=S)N(c3cnc(C#N)c(C(F)(F)F)c3)C(=O)C2(C)C)ccc1OCCC1CCN([C@H](C)C(=O)Nc2cccc(N[C@@H]3CCC(=O)NC3=O)c2)CC1. The van der Waals surface area contributed by atoms with Gasteiger partial charge in [0, 0.05) is 23.5 Å². The van der Waals surface area contributed by atoms with Crippen LogP contribution in [0.4, 0.5) is 35.9 Å². The van der Waals surface area contributed by atoms with Crippen LogP contribution in [-0.2, 0) is 31.8 Å². The molecule has 4 heterocycles. The highest BCUT2D eigenvalue weighted by Crippen LogP contribution is 2.40. The molecule has 0 bridgehead atoms. The molecule has 6 rings (SSSR count). The molecular formula is C41H45F3N8O5S. The molecule has 2 aromatic carbocycles. The Morgan fingerprint density at radius 3 is 2.48 bits per heavy atom. The molecule has 0 unspecified atom stereocenters. The topological polar surface area (TPSA) is 160 Å². The largest absolute Gasteiger partial charge is 0.493 e. The van der Waals surface area contributed by atoms with E-state index in [-0.39, 0.29) is 41.0 Å². The van der Waals surface area contributed by atoms with Crippen molar-refractivity contribution in [2.45, 2.75) is 90.0 Å². The van der Waals surface area contributed by atoms with E-state index in [9.17, 15) is 37.6 Å². The zero-order chi connectivity index (χ0) is 41.9. The summed E-state index contributed by atoms with van der Waals surface area (Å²) in [7, 11) is 0. The minimum atomic E-state index is -4.86. The molecule has 3 saturated heterocycles. The number of anilines is 4. The third-order valence-corrected chi connectivity index (χ3v) is 11.3. The minimum absolute atomic E-state index is 0.0166. The first-order valence-electron chi connectivity index (χ1n) is 19.2. The van der Waals surface area contributed by atoms with Crippen molar-refractivity contribution in [3.63, 3.8) is 0 Å². The first-order chi connectivity index (χ1) is 27.5. The molecule has 1 aromatic heterocycles. The molecule has 3 aliphatic rings. The van der Waals surface area contributed by atoms with Crippen molar-refractivity contribution in [1.29, 1.82) is 5.26 Å². The lowest BCUT2D eigenvalue weighted by atomic mass is 9.93. The number of carbonyl (C=O) groups is 4. The van der Waals surface area contributed by atoms with Crippen LogP contribution in [0, 0.1) is 17.2 Å². The number of nitrogens with one attached hydrogen (secondary N) is 3. The van der Waals surface area contributed by atoms with Gasteiger partial charge in [0.25, 0.3) is 5.91 Å². The van der Waals surface area contributed by atoms with Crippen molar-refractivity contribution >= 4 is 63.7 Å². The fraction of sp³-hybridized carbons (Fsp3) is 0.439. The third kappa shape index (κ3) is 8.92. The lowest BCUT2D eigenvalue weighted by Gasteiger charge is -2.35. The normalized spacial score (nSPS) is 19.4. The summed E-state index contributed by atoms with van der Waals surface area (Å²) in [5.74, 6) is -0.234. The van der Waals surface area contributed by atoms with Crippen LogP contribution in [0.2, 0.25) is 0 Å². The lowest BCUT2D eigenvalue weighted by Crippen LogP contribution is -2.47. The van der Waals surface area contributed by atoms with Gasteiger partial charge in [-0.2, -0.15) is 18.4 Å². The molecule has 3 fully saturated rings. The summed E-state index contributed by atoms with van der Waals surface area (Å²) >= 11 is 5.69. The summed E-state index contributed by atoms with van der Waals surface area (Å²) in [6.07, 6.45) is 0.0740. The predicted molar refractivity (Wildman–Crippen MR) is 215 cm³/mol. The molecule has 0 radical (unpaired) electrons. The van der Waals surface area contributed by atoms with Gasteiger partial charge in [-0.05, 0) is 132 Å². The van der Waals surface area contributed by atoms with Gasteiger partial charge in [-0.15, -0.1) is 0 Å². The number of alkyl halides is 3. The van der Waals surface area contributed by atoms with Crippen LogP contribution in [0.1, 0.15) is 76.6 Å². The van der Waals surface area contributed by atoms with Crippen molar-refractivity contribution in [3.05, 3.63) is 71.5 Å². The number of pyridine rings is 1. The first kappa shape index (κ1) is 42.0. The number of likely N-dealkylation sites (tertiary alicyclic amines) is 1. The second kappa shape index (κ2) is 17.1. The Morgan fingerprint density at radius 2 is 1.81 bits per heavy atom. The first-order valence-corrected chi connectivity index (χ1v) is 19.6. The fourth-order valence-corrected chi connectivity index (χ4v) is 8.08. The van der Waals surface area contributed by atoms with Gasteiger partial charge in [0.05, 0.1) is 30.1 Å². The maximum Gasteiger partial charge on any atom is 0.419 e. The Balaban J connectivity index is 1.01. The maximum atomic E-state index is 13.7. The van der Waals surface area contributed by atoms with Crippen LogP contribution in [-0.4, -0.2) is 75.9 Å². The molecule has 3 aromatic rings. The third-order valence-electron chi connectivity index (χ3n) is 11.0. The zero-order valence-electron chi connectivity index (χ0n) is 32.6. The van der Waals surface area contributed by atoms with Gasteiger partial charge in [0.2, 0.25) is 17.7 Å². The number of hydrogen-bond donors (Lipinski definition) is 3. The summed E-state index contributed by atoms with van der Waals surface area (Å²) in [6, 6.07) is 13.9. The molecule has 306 valence electrons. The van der Waals surface area contributed by atoms with Crippen LogP contribution >= 0.6 is 12.2 Å². The van der Waals surface area contributed by atoms with Crippen LogP contribution in [0.15, 0.2) is 54.7 Å². The van der Waals surface area contributed by atoms with Gasteiger partial charge in [-0.25, -0.2) is 4.98 Å². The molecule has 17 heteroatoms. The number of rotatable bonds is 12. The fourth-order valence-electron chi connectivity index (χ4n) is 7.56. The van der Waals surface area contributed by atoms with E-state index in [0.717, 1.165) is 55.1 Å². The van der Waals surface area contributed by atoms with E-state index < -0.39 is 34.9 Å². The maximum absolute atomic E-state index is 13.7. The highest BCUT2D eigenvalue weighted by Gasteiger charge is 2.51. The van der Waals surface area contributed by atoms with E-state index in [1.807, 2.05) is 26.0 Å². The molecule has 0 spiro atoms. The van der Waals surface area contributed by atoms with E-state index in [1.165, 1.54) is 6.07 Å². The molecule has 4 amide bonds. The molecule has 0 saturated carbocycles. The molecule has 0 aliphatic carbocycles. The van der Waals surface area contributed by atoms with Gasteiger partial charge in [0.15, 0.2) is 10.8 Å². The molecule has 3 aliphatic heterocycles. The number of ether oxygens (including phenoxy) is 1. The van der Waals surface area contributed by atoms with Crippen molar-refractivity contribution in [1.82, 2.24) is 15.2 Å². The van der Waals surface area contributed by atoms with Crippen molar-refractivity contribution in [2.75, 3.05) is 40.1 Å². The molecule has 13 nitrogen and oxygen atoms in total. The molecule has 58 heavy (non-hydrogen) atoms. The van der Waals surface area contributed by atoms with Gasteiger partial charge in [-0.1, -0.05) is 13.0 Å². The Bertz CT molecular complexity index is 2150. The summed E-state index contributed by atoms with van der Waals surface area (Å²) < 4.78 is 47.5. The molecule has 2 atom stereocenters. The Kier molecular flexibility index (Phi) is 12.4. The number of aryl methyl sites for hydroxylation is 1. The second-order valence-corrected chi connectivity index (χ2v) is 15.5. The van der Waals surface area contributed by atoms with E-state index in [0.29, 0.717) is 48.2 Å². The standard InChI is InChI=1S/C41H45F3N8O5S/c1-5-26-19-29(52-39(58)51(38(56)40(52,3)4)30-21-31(41(42,43)44)33(22-45)46-23-30)9-11-34(26)57-18-15-25-13-16-50(17-14-25)24(2)36(54)48-28-8-6-7-27(20-28)47-32-10-12-35(53)49-37(32)55/h6-9,11,19-21,23-25,32,47H,5,10,12-18H2,1-4H3,(H,48,54)(H,49,53,55)/t24-,32-/m1/s1. The van der Waals surface area contributed by atoms with Crippen molar-refractivity contribution < 1.29 is 37.1 Å². The van der Waals surface area contributed by atoms with E-state index in [2.05, 4.69) is 25.8 Å². The monoisotopic (exact) mass is 818 g/mol. The van der Waals surface area contributed by atoms with Crippen LogP contribution in [0.3, 0.4) is 0 Å². The number of aromatic nitrogens is 1. The summed E-state index contributed by atoms with van der Waals surface area (Å²) in [4.78, 5) is 59.0. The summed E-state index contributed by atoms with van der Waals surface area (Å²) in [5, 5.41) is 17.6. The number of piperidine rings is 2. The van der Waals surface area contributed by atoms with E-state index >= 15 is 0 Å². The zero-order valence-corrected chi connectivity index (χ0v) is 33.4. The number of benzene rings is 2. The number of carbonyl (C=O) groups excluding carboxylic acids is 4. The van der Waals surface area contributed by atoms with E-state index in [4.69, 9.17) is 17.0 Å². The number of halogens is 3. The Labute approximate surface area is 339 Å². The summed E-state index contributed by atoms with van der Waals surface area (Å²) in [6.45, 7) is 9.12. The van der Waals surface area contributed by atoms with Gasteiger partial charge < -0.3 is 20.3 Å². The smallest absolute Gasteiger partial charge is 0.419 e. The second-order valence-electron chi connectivity index (χ2n) is 15.2. The highest BCUT2D eigenvalue weighted by atomic mass is 32.1. The Hall–Kier alpha value is -5.60. The van der Waals surface area contributed by atoms with Crippen LogP contribution in [0.25, 0.3) is 0 Å². The number of nitriles is 1. The number of thiocarbonyl (C=S) groups is 1. The number of hydrogen-bond acceptors (Lipinski definition) is 10. The van der Waals surface area contributed by atoms with Gasteiger partial charge >= 0.3 is 6.18 Å².